The van der Waals surface area contributed by atoms with Crippen molar-refractivity contribution in [1.82, 2.24) is 4.57 Å². The molecule has 2 aromatic rings. The summed E-state index contributed by atoms with van der Waals surface area (Å²) in [4.78, 5) is 12.3. The van der Waals surface area contributed by atoms with E-state index in [1.54, 1.807) is 0 Å². The molecule has 0 atom stereocenters. The zero-order chi connectivity index (χ0) is 11.7. The number of nitrogens with zero attached hydrogens (tertiary/aromatic N) is 1. The van der Waals surface area contributed by atoms with Crippen molar-refractivity contribution in [1.29, 1.82) is 0 Å². The minimum atomic E-state index is 0.100. The molecular weight excluding hydrogens is 198 g/mol. The topological polar surface area (TPSA) is 22.0 Å². The van der Waals surface area contributed by atoms with Gasteiger partial charge in [-0.3, -0.25) is 4.79 Å². The molecule has 2 heteroatoms. The fourth-order valence-electron chi connectivity index (χ4n) is 2.00. The van der Waals surface area contributed by atoms with Crippen molar-refractivity contribution < 1.29 is 4.79 Å². The summed E-state index contributed by atoms with van der Waals surface area (Å²) in [6, 6.07) is 9.67. The van der Waals surface area contributed by atoms with Gasteiger partial charge in [-0.1, -0.05) is 18.2 Å². The number of rotatable bonds is 2. The minimum Gasteiger partial charge on any atom is -0.348 e. The number of benzene rings is 1. The van der Waals surface area contributed by atoms with Gasteiger partial charge in [0.1, 0.15) is 0 Å². The zero-order valence-electron chi connectivity index (χ0n) is 9.82. The third-order valence-electron chi connectivity index (χ3n) is 2.88. The largest absolute Gasteiger partial charge is 0.348 e. The van der Waals surface area contributed by atoms with Crippen LogP contribution >= 0.6 is 0 Å². The molecule has 0 aliphatic carbocycles. The van der Waals surface area contributed by atoms with E-state index in [1.807, 2.05) is 62.0 Å². The van der Waals surface area contributed by atoms with E-state index in [-0.39, 0.29) is 5.78 Å². The van der Waals surface area contributed by atoms with Crippen LogP contribution in [0.2, 0.25) is 0 Å². The number of aromatic nitrogens is 1. The van der Waals surface area contributed by atoms with E-state index in [0.29, 0.717) is 0 Å². The maximum Gasteiger partial charge on any atom is 0.209 e. The standard InChI is InChI=1S/C14H15NO/c1-10-6-4-7-11(2)13(10)14(16)12-8-5-9-15(12)3/h4-9H,1-3H3. The van der Waals surface area contributed by atoms with Gasteiger partial charge in [0.2, 0.25) is 5.78 Å². The summed E-state index contributed by atoms with van der Waals surface area (Å²) in [5, 5.41) is 0. The third kappa shape index (κ3) is 1.67. The van der Waals surface area contributed by atoms with Gasteiger partial charge in [-0.2, -0.15) is 0 Å². The molecule has 82 valence electrons. The minimum absolute atomic E-state index is 0.100. The van der Waals surface area contributed by atoms with Gasteiger partial charge in [-0.05, 0) is 37.1 Å². The number of hydrogen-bond acceptors (Lipinski definition) is 1. The maximum atomic E-state index is 12.3. The molecule has 1 aromatic carbocycles. The number of carbonyl (C=O) groups excluding carboxylic acids is 1. The Morgan fingerprint density at radius 1 is 1.06 bits per heavy atom. The molecule has 0 amide bonds. The van der Waals surface area contributed by atoms with Gasteiger partial charge >= 0.3 is 0 Å². The molecule has 0 spiro atoms. The van der Waals surface area contributed by atoms with Gasteiger partial charge in [0.05, 0.1) is 5.69 Å². The highest BCUT2D eigenvalue weighted by Gasteiger charge is 2.15. The number of ketones is 1. The lowest BCUT2D eigenvalue weighted by Gasteiger charge is -2.09. The average Bonchev–Trinajstić information content (AvgIpc) is 2.64. The van der Waals surface area contributed by atoms with Crippen LogP contribution in [0.15, 0.2) is 36.5 Å². The summed E-state index contributed by atoms with van der Waals surface area (Å²) < 4.78 is 1.86. The smallest absolute Gasteiger partial charge is 0.209 e. The molecule has 0 saturated carbocycles. The van der Waals surface area contributed by atoms with Gasteiger partial charge in [-0.25, -0.2) is 0 Å². The molecule has 0 bridgehead atoms. The molecule has 0 radical (unpaired) electrons. The second kappa shape index (κ2) is 3.97. The maximum absolute atomic E-state index is 12.3. The molecule has 0 aliphatic heterocycles. The molecule has 0 N–H and O–H groups in total. The van der Waals surface area contributed by atoms with Crippen LogP contribution in [-0.2, 0) is 7.05 Å². The summed E-state index contributed by atoms with van der Waals surface area (Å²) in [6.07, 6.45) is 1.89. The van der Waals surface area contributed by atoms with Crippen molar-refractivity contribution in [3.05, 3.63) is 58.9 Å². The Labute approximate surface area is 95.5 Å². The Balaban J connectivity index is 2.54. The average molecular weight is 213 g/mol. The normalized spacial score (nSPS) is 10.4. The first kappa shape index (κ1) is 10.7. The highest BCUT2D eigenvalue weighted by molar-refractivity contribution is 6.09. The lowest BCUT2D eigenvalue weighted by atomic mass is 9.97. The van der Waals surface area contributed by atoms with Gasteiger partial charge in [0.25, 0.3) is 0 Å². The Morgan fingerprint density at radius 2 is 1.69 bits per heavy atom. The monoisotopic (exact) mass is 213 g/mol. The molecule has 16 heavy (non-hydrogen) atoms. The molecular formula is C14H15NO. The van der Waals surface area contributed by atoms with Gasteiger partial charge in [0.15, 0.2) is 0 Å². The van der Waals surface area contributed by atoms with Crippen molar-refractivity contribution in [2.45, 2.75) is 13.8 Å². The van der Waals surface area contributed by atoms with E-state index in [2.05, 4.69) is 0 Å². The Morgan fingerprint density at radius 3 is 2.19 bits per heavy atom. The summed E-state index contributed by atoms with van der Waals surface area (Å²) in [7, 11) is 1.89. The quantitative estimate of drug-likeness (QED) is 0.703. The van der Waals surface area contributed by atoms with E-state index in [9.17, 15) is 4.79 Å². The highest BCUT2D eigenvalue weighted by Crippen LogP contribution is 2.18. The SMILES string of the molecule is Cc1cccc(C)c1C(=O)c1cccn1C. The summed E-state index contributed by atoms with van der Waals surface area (Å²) in [5.74, 6) is 0.100. The molecule has 0 fully saturated rings. The zero-order valence-corrected chi connectivity index (χ0v) is 9.82. The fourth-order valence-corrected chi connectivity index (χ4v) is 2.00. The van der Waals surface area contributed by atoms with Crippen LogP contribution < -0.4 is 0 Å². The molecule has 0 saturated heterocycles. The van der Waals surface area contributed by atoms with Crippen molar-refractivity contribution in [3.8, 4) is 0 Å². The van der Waals surface area contributed by atoms with Gasteiger partial charge in [0, 0.05) is 18.8 Å². The van der Waals surface area contributed by atoms with E-state index in [1.165, 1.54) is 0 Å². The Kier molecular flexibility index (Phi) is 2.65. The lowest BCUT2D eigenvalue weighted by Crippen LogP contribution is -2.10. The van der Waals surface area contributed by atoms with Crippen LogP contribution in [0.4, 0.5) is 0 Å². The molecule has 1 heterocycles. The van der Waals surface area contributed by atoms with E-state index in [0.717, 1.165) is 22.4 Å². The molecule has 2 nitrogen and oxygen atoms in total. The van der Waals surface area contributed by atoms with Crippen molar-refractivity contribution >= 4 is 5.78 Å². The number of hydrogen-bond donors (Lipinski definition) is 0. The van der Waals surface area contributed by atoms with Gasteiger partial charge in [-0.15, -0.1) is 0 Å². The van der Waals surface area contributed by atoms with Crippen molar-refractivity contribution in [3.63, 3.8) is 0 Å². The first-order chi connectivity index (χ1) is 7.61. The Hall–Kier alpha value is -1.83. The van der Waals surface area contributed by atoms with Crippen LogP contribution in [0.5, 0.6) is 0 Å². The Bertz CT molecular complexity index is 517. The van der Waals surface area contributed by atoms with E-state index in [4.69, 9.17) is 0 Å². The molecule has 0 unspecified atom stereocenters. The van der Waals surface area contributed by atoms with Crippen LogP contribution in [-0.4, -0.2) is 10.4 Å². The van der Waals surface area contributed by atoms with Crippen LogP contribution in [0, 0.1) is 13.8 Å². The van der Waals surface area contributed by atoms with Gasteiger partial charge < -0.3 is 4.57 Å². The molecule has 2 rings (SSSR count). The molecule has 0 aliphatic rings. The van der Waals surface area contributed by atoms with Crippen molar-refractivity contribution in [2.24, 2.45) is 7.05 Å². The number of carbonyl (C=O) groups is 1. The van der Waals surface area contributed by atoms with Crippen LogP contribution in [0.3, 0.4) is 0 Å². The highest BCUT2D eigenvalue weighted by atomic mass is 16.1. The van der Waals surface area contributed by atoms with Crippen LogP contribution in [0.1, 0.15) is 27.2 Å². The second-order valence-corrected chi connectivity index (χ2v) is 4.10. The summed E-state index contributed by atoms with van der Waals surface area (Å²) in [6.45, 7) is 3.95. The third-order valence-corrected chi connectivity index (χ3v) is 2.88. The van der Waals surface area contributed by atoms with E-state index >= 15 is 0 Å². The second-order valence-electron chi connectivity index (χ2n) is 4.10. The van der Waals surface area contributed by atoms with Crippen LogP contribution in [0.25, 0.3) is 0 Å². The fraction of sp³-hybridized carbons (Fsp3) is 0.214. The summed E-state index contributed by atoms with van der Waals surface area (Å²) >= 11 is 0. The van der Waals surface area contributed by atoms with E-state index < -0.39 is 0 Å². The first-order valence-electron chi connectivity index (χ1n) is 5.33. The summed E-state index contributed by atoms with van der Waals surface area (Å²) in [5.41, 5.74) is 3.62. The lowest BCUT2D eigenvalue weighted by molar-refractivity contribution is 0.103. The number of aryl methyl sites for hydroxylation is 3. The first-order valence-corrected chi connectivity index (χ1v) is 5.33. The molecule has 1 aromatic heterocycles. The predicted molar refractivity (Wildman–Crippen MR) is 64.8 cm³/mol. The predicted octanol–water partition coefficient (Wildman–Crippen LogP) is 2.87. The van der Waals surface area contributed by atoms with Crippen molar-refractivity contribution in [2.75, 3.05) is 0 Å².